The van der Waals surface area contributed by atoms with Crippen LogP contribution in [0.5, 0.6) is 0 Å². The SMILES string of the molecule is CC.CC.CCCCCOCCCC(CN(C)CCC)C(=O)O. The van der Waals surface area contributed by atoms with Gasteiger partial charge in [-0.1, -0.05) is 54.4 Å². The van der Waals surface area contributed by atoms with E-state index in [1.54, 1.807) is 0 Å². The van der Waals surface area contributed by atoms with Gasteiger partial charge in [0.1, 0.15) is 0 Å². The van der Waals surface area contributed by atoms with Crippen LogP contribution >= 0.6 is 0 Å². The van der Waals surface area contributed by atoms with Crippen LogP contribution in [0.2, 0.25) is 0 Å². The fourth-order valence-electron chi connectivity index (χ4n) is 2.13. The van der Waals surface area contributed by atoms with Crippen LogP contribution in [0.25, 0.3) is 0 Å². The number of rotatable bonds is 13. The van der Waals surface area contributed by atoms with Gasteiger partial charge in [0.15, 0.2) is 0 Å². The van der Waals surface area contributed by atoms with E-state index >= 15 is 0 Å². The Hall–Kier alpha value is -0.610. The lowest BCUT2D eigenvalue weighted by atomic mass is 10.0. The summed E-state index contributed by atoms with van der Waals surface area (Å²) in [5.41, 5.74) is 0. The minimum absolute atomic E-state index is 0.268. The van der Waals surface area contributed by atoms with Crippen molar-refractivity contribution in [1.82, 2.24) is 4.90 Å². The van der Waals surface area contributed by atoms with Crippen molar-refractivity contribution in [2.45, 2.75) is 80.1 Å². The van der Waals surface area contributed by atoms with Gasteiger partial charge in [0, 0.05) is 19.8 Å². The molecule has 0 aliphatic heterocycles. The van der Waals surface area contributed by atoms with Crippen molar-refractivity contribution >= 4 is 5.97 Å². The molecule has 0 rings (SSSR count). The summed E-state index contributed by atoms with van der Waals surface area (Å²) in [7, 11) is 1.99. The Bertz CT molecular complexity index is 223. The van der Waals surface area contributed by atoms with Gasteiger partial charge < -0.3 is 14.7 Å². The number of aliphatic carboxylic acids is 1. The quantitative estimate of drug-likeness (QED) is 0.478. The van der Waals surface area contributed by atoms with Crippen LogP contribution < -0.4 is 0 Å². The predicted octanol–water partition coefficient (Wildman–Crippen LogP) is 5.07. The Morgan fingerprint density at radius 3 is 2.04 bits per heavy atom. The van der Waals surface area contributed by atoms with Crippen LogP contribution in [-0.2, 0) is 9.53 Å². The van der Waals surface area contributed by atoms with Crippen LogP contribution in [0.4, 0.5) is 0 Å². The lowest BCUT2D eigenvalue weighted by Gasteiger charge is -2.20. The summed E-state index contributed by atoms with van der Waals surface area (Å²) in [5, 5.41) is 9.20. The average Bonchev–Trinajstić information content (AvgIpc) is 2.56. The second-order valence-corrected chi connectivity index (χ2v) is 5.26. The van der Waals surface area contributed by atoms with E-state index in [0.717, 1.165) is 32.4 Å². The molecule has 1 N–H and O–H groups in total. The fourth-order valence-corrected chi connectivity index (χ4v) is 2.13. The zero-order chi connectivity index (χ0) is 18.5. The van der Waals surface area contributed by atoms with Crippen molar-refractivity contribution in [1.29, 1.82) is 0 Å². The maximum absolute atomic E-state index is 11.2. The molecule has 4 heteroatoms. The molecule has 0 aromatic heterocycles. The molecule has 0 radical (unpaired) electrons. The molecule has 0 spiro atoms. The molecule has 0 heterocycles. The number of unbranched alkanes of at least 4 members (excludes halogenated alkanes) is 2. The monoisotopic (exact) mass is 333 g/mol. The van der Waals surface area contributed by atoms with Gasteiger partial charge in [-0.25, -0.2) is 0 Å². The smallest absolute Gasteiger partial charge is 0.307 e. The zero-order valence-corrected chi connectivity index (χ0v) is 16.9. The number of carboxylic acid groups (broad SMARTS) is 1. The molecule has 0 aromatic rings. The van der Waals surface area contributed by atoms with Crippen molar-refractivity contribution < 1.29 is 14.6 Å². The fraction of sp³-hybridized carbons (Fsp3) is 0.947. The van der Waals surface area contributed by atoms with Gasteiger partial charge in [0.25, 0.3) is 0 Å². The largest absolute Gasteiger partial charge is 0.481 e. The standard InChI is InChI=1S/C15H31NO3.2C2H6/c1-4-6-7-11-19-12-8-9-14(15(17)18)13-16(3)10-5-2;2*1-2/h14H,4-13H2,1-3H3,(H,17,18);2*1-2H3. The van der Waals surface area contributed by atoms with Crippen LogP contribution in [0.15, 0.2) is 0 Å². The first-order valence-corrected chi connectivity index (χ1v) is 9.60. The van der Waals surface area contributed by atoms with Gasteiger partial charge in [0.2, 0.25) is 0 Å². The van der Waals surface area contributed by atoms with Crippen molar-refractivity contribution in [2.24, 2.45) is 5.92 Å². The van der Waals surface area contributed by atoms with E-state index in [2.05, 4.69) is 18.7 Å². The van der Waals surface area contributed by atoms with E-state index < -0.39 is 5.97 Å². The molecule has 0 saturated carbocycles. The minimum Gasteiger partial charge on any atom is -0.481 e. The molecule has 0 aliphatic carbocycles. The number of ether oxygens (including phenoxy) is 1. The van der Waals surface area contributed by atoms with E-state index in [1.165, 1.54) is 12.8 Å². The molecule has 23 heavy (non-hydrogen) atoms. The van der Waals surface area contributed by atoms with Gasteiger partial charge in [-0.2, -0.15) is 0 Å². The first-order valence-electron chi connectivity index (χ1n) is 9.60. The number of hydrogen-bond donors (Lipinski definition) is 1. The lowest BCUT2D eigenvalue weighted by molar-refractivity contribution is -0.142. The van der Waals surface area contributed by atoms with Gasteiger partial charge >= 0.3 is 5.97 Å². The maximum Gasteiger partial charge on any atom is 0.307 e. The summed E-state index contributed by atoms with van der Waals surface area (Å²) < 4.78 is 5.51. The summed E-state index contributed by atoms with van der Waals surface area (Å²) >= 11 is 0. The Labute approximate surface area is 145 Å². The first kappa shape index (κ1) is 27.2. The number of nitrogens with zero attached hydrogens (tertiary/aromatic N) is 1. The van der Waals surface area contributed by atoms with E-state index in [1.807, 2.05) is 34.7 Å². The first-order chi connectivity index (χ1) is 11.1. The second kappa shape index (κ2) is 23.7. The third kappa shape index (κ3) is 21.4. The van der Waals surface area contributed by atoms with Gasteiger partial charge in [-0.3, -0.25) is 4.79 Å². The maximum atomic E-state index is 11.2. The highest BCUT2D eigenvalue weighted by molar-refractivity contribution is 5.70. The predicted molar refractivity (Wildman–Crippen MR) is 101 cm³/mol. The molecule has 0 saturated heterocycles. The molecule has 1 unspecified atom stereocenters. The summed E-state index contributed by atoms with van der Waals surface area (Å²) in [6.45, 7) is 15.4. The summed E-state index contributed by atoms with van der Waals surface area (Å²) in [4.78, 5) is 13.3. The molecule has 0 aromatic carbocycles. The molecule has 0 fully saturated rings. The van der Waals surface area contributed by atoms with E-state index in [0.29, 0.717) is 19.6 Å². The van der Waals surface area contributed by atoms with Gasteiger partial charge in [-0.15, -0.1) is 0 Å². The van der Waals surface area contributed by atoms with Crippen molar-refractivity contribution in [3.63, 3.8) is 0 Å². The molecular weight excluding hydrogens is 290 g/mol. The molecule has 0 aliphatic rings. The molecular formula is C19H43NO3. The van der Waals surface area contributed by atoms with E-state index in [9.17, 15) is 9.90 Å². The van der Waals surface area contributed by atoms with Crippen LogP contribution in [0.1, 0.15) is 80.1 Å². The molecule has 0 amide bonds. The van der Waals surface area contributed by atoms with Crippen molar-refractivity contribution in [2.75, 3.05) is 33.4 Å². The molecule has 4 nitrogen and oxygen atoms in total. The Morgan fingerprint density at radius 2 is 1.57 bits per heavy atom. The summed E-state index contributed by atoms with van der Waals surface area (Å²) in [6, 6.07) is 0. The minimum atomic E-state index is -0.686. The Balaban J connectivity index is -0.000000919. The topological polar surface area (TPSA) is 49.8 Å². The number of carbonyl (C=O) groups is 1. The van der Waals surface area contributed by atoms with Crippen LogP contribution in [0, 0.1) is 5.92 Å². The summed E-state index contributed by atoms with van der Waals surface area (Å²) in [6.07, 6.45) is 6.12. The average molecular weight is 334 g/mol. The third-order valence-corrected chi connectivity index (χ3v) is 3.22. The molecule has 142 valence electrons. The normalized spacial score (nSPS) is 11.1. The Kier molecular flexibility index (Phi) is 28.0. The Morgan fingerprint density at radius 1 is 1.00 bits per heavy atom. The van der Waals surface area contributed by atoms with E-state index in [4.69, 9.17) is 4.74 Å². The highest BCUT2D eigenvalue weighted by atomic mass is 16.5. The zero-order valence-electron chi connectivity index (χ0n) is 16.9. The summed E-state index contributed by atoms with van der Waals surface area (Å²) in [5.74, 6) is -0.954. The number of hydrogen-bond acceptors (Lipinski definition) is 3. The van der Waals surface area contributed by atoms with Gasteiger partial charge in [-0.05, 0) is 39.3 Å². The van der Waals surface area contributed by atoms with Crippen LogP contribution in [-0.4, -0.2) is 49.3 Å². The lowest BCUT2D eigenvalue weighted by Crippen LogP contribution is -2.31. The highest BCUT2D eigenvalue weighted by Crippen LogP contribution is 2.09. The molecule has 0 bridgehead atoms. The highest BCUT2D eigenvalue weighted by Gasteiger charge is 2.18. The second-order valence-electron chi connectivity index (χ2n) is 5.26. The van der Waals surface area contributed by atoms with Crippen molar-refractivity contribution in [3.8, 4) is 0 Å². The number of carboxylic acids is 1. The van der Waals surface area contributed by atoms with Crippen LogP contribution in [0.3, 0.4) is 0 Å². The van der Waals surface area contributed by atoms with Crippen molar-refractivity contribution in [3.05, 3.63) is 0 Å². The third-order valence-electron chi connectivity index (χ3n) is 3.22. The van der Waals surface area contributed by atoms with Gasteiger partial charge in [0.05, 0.1) is 5.92 Å². The van der Waals surface area contributed by atoms with E-state index in [-0.39, 0.29) is 5.92 Å². The molecule has 1 atom stereocenters.